The minimum atomic E-state index is -4.60. The lowest BCUT2D eigenvalue weighted by Gasteiger charge is -2.20. The van der Waals surface area contributed by atoms with Gasteiger partial charge in [-0.25, -0.2) is 28.1 Å². The zero-order chi connectivity index (χ0) is 22.2. The Morgan fingerprint density at radius 3 is 2.71 bits per heavy atom. The zero-order valence-corrected chi connectivity index (χ0v) is 17.0. The Hall–Kier alpha value is -3.28. The fourth-order valence-electron chi connectivity index (χ4n) is 3.18. The normalized spacial score (nSPS) is 13.5. The van der Waals surface area contributed by atoms with Gasteiger partial charge in [-0.2, -0.15) is 18.3 Å². The topological polar surface area (TPSA) is 106 Å². The van der Waals surface area contributed by atoms with E-state index in [0.717, 1.165) is 11.8 Å². The standard InChI is InChI=1S/C19H17F3N6O2S/c1-31(29,30)8-5-14(19(20,21)22)12-4-7-23-16(9-12)28-11-13(10-25-28)17-26-15-3-2-6-24-18(15)27-17/h2-4,6-7,9-11,14H,5,8H2,1H3,(H,24,26,27). The molecule has 0 aliphatic heterocycles. The summed E-state index contributed by atoms with van der Waals surface area (Å²) in [5.41, 5.74) is 1.80. The van der Waals surface area contributed by atoms with Gasteiger partial charge < -0.3 is 4.98 Å². The monoisotopic (exact) mass is 450 g/mol. The lowest BCUT2D eigenvalue weighted by atomic mass is 9.97. The molecule has 4 heterocycles. The van der Waals surface area contributed by atoms with E-state index in [1.807, 2.05) is 6.07 Å². The molecule has 0 aliphatic rings. The number of halogens is 3. The van der Waals surface area contributed by atoms with Crippen LogP contribution in [0.4, 0.5) is 13.2 Å². The van der Waals surface area contributed by atoms with Crippen LogP contribution in [0.3, 0.4) is 0 Å². The van der Waals surface area contributed by atoms with Crippen LogP contribution in [0.2, 0.25) is 0 Å². The maximum atomic E-state index is 13.6. The molecule has 0 saturated heterocycles. The Kier molecular flexibility index (Phi) is 5.25. The van der Waals surface area contributed by atoms with Gasteiger partial charge in [0.05, 0.1) is 28.9 Å². The number of pyridine rings is 2. The van der Waals surface area contributed by atoms with Gasteiger partial charge in [-0.3, -0.25) is 0 Å². The van der Waals surface area contributed by atoms with Crippen LogP contribution in [-0.4, -0.2) is 56.3 Å². The summed E-state index contributed by atoms with van der Waals surface area (Å²) >= 11 is 0. The molecule has 0 saturated carbocycles. The van der Waals surface area contributed by atoms with Gasteiger partial charge in [-0.1, -0.05) is 0 Å². The zero-order valence-electron chi connectivity index (χ0n) is 16.2. The first-order valence-corrected chi connectivity index (χ1v) is 11.2. The van der Waals surface area contributed by atoms with Crippen molar-refractivity contribution < 1.29 is 21.6 Å². The van der Waals surface area contributed by atoms with Gasteiger partial charge in [0.2, 0.25) is 0 Å². The van der Waals surface area contributed by atoms with E-state index in [0.29, 0.717) is 17.0 Å². The maximum absolute atomic E-state index is 13.6. The number of alkyl halides is 3. The predicted molar refractivity (Wildman–Crippen MR) is 107 cm³/mol. The Morgan fingerprint density at radius 1 is 1.19 bits per heavy atom. The minimum Gasteiger partial charge on any atom is -0.336 e. The fourth-order valence-corrected chi connectivity index (χ4v) is 3.84. The molecule has 162 valence electrons. The lowest BCUT2D eigenvalue weighted by molar-refractivity contribution is -0.150. The number of H-pyrrole nitrogens is 1. The van der Waals surface area contributed by atoms with Crippen molar-refractivity contribution in [2.45, 2.75) is 18.5 Å². The molecule has 0 fully saturated rings. The van der Waals surface area contributed by atoms with Crippen molar-refractivity contribution >= 4 is 21.0 Å². The summed E-state index contributed by atoms with van der Waals surface area (Å²) in [6.07, 6.45) is 1.71. The van der Waals surface area contributed by atoms with Gasteiger partial charge in [-0.05, 0) is 36.2 Å². The van der Waals surface area contributed by atoms with E-state index in [4.69, 9.17) is 0 Å². The van der Waals surface area contributed by atoms with Crippen molar-refractivity contribution in [3.05, 3.63) is 54.6 Å². The maximum Gasteiger partial charge on any atom is 0.395 e. The van der Waals surface area contributed by atoms with Crippen LogP contribution in [0, 0.1) is 0 Å². The quantitative estimate of drug-likeness (QED) is 0.483. The average molecular weight is 450 g/mol. The van der Waals surface area contributed by atoms with Gasteiger partial charge in [0.25, 0.3) is 0 Å². The third-order valence-electron chi connectivity index (χ3n) is 4.69. The number of hydrogen-bond donors (Lipinski definition) is 1. The first kappa shape index (κ1) is 21.0. The fraction of sp³-hybridized carbons (Fsp3) is 0.263. The Balaban J connectivity index is 1.64. The Morgan fingerprint density at radius 2 is 2.00 bits per heavy atom. The van der Waals surface area contributed by atoms with Crippen molar-refractivity contribution in [2.24, 2.45) is 0 Å². The van der Waals surface area contributed by atoms with E-state index in [1.54, 1.807) is 18.5 Å². The molecule has 0 amide bonds. The molecule has 12 heteroatoms. The summed E-state index contributed by atoms with van der Waals surface area (Å²) in [4.78, 5) is 15.7. The number of nitrogens with zero attached hydrogens (tertiary/aromatic N) is 5. The van der Waals surface area contributed by atoms with Crippen molar-refractivity contribution in [1.29, 1.82) is 0 Å². The van der Waals surface area contributed by atoms with Gasteiger partial charge in [0, 0.05) is 24.8 Å². The highest BCUT2D eigenvalue weighted by molar-refractivity contribution is 7.90. The SMILES string of the molecule is CS(=O)(=O)CCC(c1ccnc(-n2cc(-c3nc4ncccc4[nH]3)cn2)c1)C(F)(F)F. The lowest BCUT2D eigenvalue weighted by Crippen LogP contribution is -2.23. The molecule has 4 rings (SSSR count). The van der Waals surface area contributed by atoms with Crippen molar-refractivity contribution in [3.63, 3.8) is 0 Å². The molecule has 4 aromatic rings. The van der Waals surface area contributed by atoms with Crippen LogP contribution in [0.1, 0.15) is 17.9 Å². The molecule has 4 aromatic heterocycles. The summed E-state index contributed by atoms with van der Waals surface area (Å²) in [7, 11) is -3.54. The number of imidazole rings is 1. The molecule has 1 atom stereocenters. The predicted octanol–water partition coefficient (Wildman–Crippen LogP) is 3.29. The second kappa shape index (κ2) is 7.76. The number of hydrogen-bond acceptors (Lipinski definition) is 6. The molecule has 0 radical (unpaired) electrons. The molecule has 0 spiro atoms. The third kappa shape index (κ3) is 4.74. The van der Waals surface area contributed by atoms with Gasteiger partial charge >= 0.3 is 6.18 Å². The van der Waals surface area contributed by atoms with Crippen molar-refractivity contribution in [3.8, 4) is 17.2 Å². The summed E-state index contributed by atoms with van der Waals surface area (Å²) in [5.74, 6) is -1.81. The molecule has 8 nitrogen and oxygen atoms in total. The molecule has 1 N–H and O–H groups in total. The largest absolute Gasteiger partial charge is 0.395 e. The number of aromatic nitrogens is 6. The summed E-state index contributed by atoms with van der Waals surface area (Å²) in [6.45, 7) is 0. The van der Waals surface area contributed by atoms with Crippen LogP contribution < -0.4 is 0 Å². The van der Waals surface area contributed by atoms with Crippen LogP contribution in [0.25, 0.3) is 28.4 Å². The molecule has 0 aliphatic carbocycles. The van der Waals surface area contributed by atoms with Crippen molar-refractivity contribution in [1.82, 2.24) is 29.7 Å². The average Bonchev–Trinajstić information content (AvgIpc) is 3.33. The number of sulfone groups is 1. The first-order chi connectivity index (χ1) is 14.6. The third-order valence-corrected chi connectivity index (χ3v) is 5.67. The van der Waals surface area contributed by atoms with Crippen LogP contribution >= 0.6 is 0 Å². The van der Waals surface area contributed by atoms with Gasteiger partial charge in [0.15, 0.2) is 11.5 Å². The van der Waals surface area contributed by atoms with Crippen LogP contribution in [-0.2, 0) is 9.84 Å². The highest BCUT2D eigenvalue weighted by Crippen LogP contribution is 2.38. The van der Waals surface area contributed by atoms with E-state index < -0.39 is 34.1 Å². The van der Waals surface area contributed by atoms with E-state index in [1.165, 1.54) is 29.2 Å². The Labute approximate surface area is 175 Å². The first-order valence-electron chi connectivity index (χ1n) is 9.17. The second-order valence-electron chi connectivity index (χ2n) is 7.09. The van der Waals surface area contributed by atoms with E-state index in [-0.39, 0.29) is 11.4 Å². The summed E-state index contributed by atoms with van der Waals surface area (Å²) in [6, 6.07) is 6.09. The van der Waals surface area contributed by atoms with Crippen molar-refractivity contribution in [2.75, 3.05) is 12.0 Å². The van der Waals surface area contributed by atoms with Gasteiger partial charge in [0.1, 0.15) is 15.7 Å². The van der Waals surface area contributed by atoms with E-state index >= 15 is 0 Å². The van der Waals surface area contributed by atoms with Gasteiger partial charge in [-0.15, -0.1) is 0 Å². The number of aromatic amines is 1. The molecular formula is C19H17F3N6O2S. The molecule has 31 heavy (non-hydrogen) atoms. The Bertz CT molecular complexity index is 1300. The van der Waals surface area contributed by atoms with Crippen LogP contribution in [0.5, 0.6) is 0 Å². The van der Waals surface area contributed by atoms with E-state index in [9.17, 15) is 21.6 Å². The molecular weight excluding hydrogens is 433 g/mol. The smallest absolute Gasteiger partial charge is 0.336 e. The second-order valence-corrected chi connectivity index (χ2v) is 9.35. The number of rotatable bonds is 6. The molecule has 0 bridgehead atoms. The van der Waals surface area contributed by atoms with Crippen LogP contribution in [0.15, 0.2) is 49.1 Å². The highest BCUT2D eigenvalue weighted by Gasteiger charge is 2.41. The molecule has 1 unspecified atom stereocenters. The minimum absolute atomic E-state index is 0.0777. The summed E-state index contributed by atoms with van der Waals surface area (Å²) < 4.78 is 64.8. The number of fused-ring (bicyclic) bond motifs is 1. The summed E-state index contributed by atoms with van der Waals surface area (Å²) in [5, 5.41) is 4.18. The highest BCUT2D eigenvalue weighted by atomic mass is 32.2. The number of nitrogens with one attached hydrogen (secondary N) is 1. The van der Waals surface area contributed by atoms with E-state index in [2.05, 4.69) is 25.0 Å². The molecule has 0 aromatic carbocycles.